The van der Waals surface area contributed by atoms with Crippen LogP contribution in [-0.2, 0) is 17.1 Å². The van der Waals surface area contributed by atoms with Crippen molar-refractivity contribution in [3.05, 3.63) is 72.8 Å². The molecule has 0 radical (unpaired) electrons. The normalized spacial score (nSPS) is 11.9. The van der Waals surface area contributed by atoms with E-state index in [2.05, 4.69) is 23.1 Å². The van der Waals surface area contributed by atoms with Gasteiger partial charge < -0.3 is 34.3 Å². The molecule has 0 aromatic heterocycles. The van der Waals surface area contributed by atoms with Crippen molar-refractivity contribution in [2.45, 2.75) is 0 Å². The van der Waals surface area contributed by atoms with Crippen molar-refractivity contribution < 1.29 is 42.3 Å². The van der Waals surface area contributed by atoms with Crippen LogP contribution in [0.2, 0.25) is 0 Å². The molecule has 18 heteroatoms. The van der Waals surface area contributed by atoms with Gasteiger partial charge in [-0.15, -0.1) is 0 Å². The number of halogens is 6. The van der Waals surface area contributed by atoms with E-state index < -0.39 is 7.81 Å². The van der Waals surface area contributed by atoms with Crippen LogP contribution in [0.3, 0.4) is 0 Å². The number of nitrogens with zero attached hydrogens (tertiary/aromatic N) is 10. The summed E-state index contributed by atoms with van der Waals surface area (Å²) in [4.78, 5) is 29.7. The van der Waals surface area contributed by atoms with Crippen LogP contribution in [0.1, 0.15) is 0 Å². The second kappa shape index (κ2) is 16.9. The molecule has 0 heterocycles. The Bertz CT molecular complexity index is 1480. The summed E-state index contributed by atoms with van der Waals surface area (Å²) in [5.41, 5.74) is 5.17. The molecule has 3 rings (SSSR count). The zero-order valence-electron chi connectivity index (χ0n) is 30.9. The first-order valence-corrected chi connectivity index (χ1v) is 17.2. The number of benzene rings is 3. The van der Waals surface area contributed by atoms with Crippen molar-refractivity contribution in [1.82, 2.24) is 29.4 Å². The Morgan fingerprint density at radius 3 is 0.745 bits per heavy atom. The summed E-state index contributed by atoms with van der Waals surface area (Å²) in [6.07, 6.45) is 0. The van der Waals surface area contributed by atoms with E-state index in [9.17, 15) is 25.2 Å². The van der Waals surface area contributed by atoms with Gasteiger partial charge in [-0.2, -0.15) is 0 Å². The number of anilines is 3. The SMILES string of the molecule is CN(C)C(=Nc1ccccc1N(c1ccccc1N=C(N(C)C)N(C)C)c1ccccc1N=C(N(C)C)N(C)C)N(C)C.F[P-](F)(F)(F)(F)F.[Cu+]. The van der Waals surface area contributed by atoms with E-state index in [1.54, 1.807) is 0 Å². The minimum absolute atomic E-state index is 0. The zero-order valence-corrected chi connectivity index (χ0v) is 32.8. The predicted molar refractivity (Wildman–Crippen MR) is 198 cm³/mol. The van der Waals surface area contributed by atoms with Crippen molar-refractivity contribution in [1.29, 1.82) is 0 Å². The van der Waals surface area contributed by atoms with E-state index in [0.717, 1.165) is 52.0 Å². The van der Waals surface area contributed by atoms with Crippen molar-refractivity contribution in [3.8, 4) is 0 Å². The maximum absolute atomic E-state index is 10.7. The third-order valence-corrected chi connectivity index (χ3v) is 6.43. The van der Waals surface area contributed by atoms with Crippen molar-refractivity contribution in [2.24, 2.45) is 15.0 Å². The zero-order chi connectivity index (χ0) is 38.3. The smallest absolute Gasteiger partial charge is 1.00 e. The summed E-state index contributed by atoms with van der Waals surface area (Å²) in [7, 11) is 13.4. The molecule has 0 N–H and O–H groups in total. The van der Waals surface area contributed by atoms with Crippen LogP contribution >= 0.6 is 7.81 Å². The first-order chi connectivity index (χ1) is 22.8. The Balaban J connectivity index is 0.00000147. The number of rotatable bonds is 6. The largest absolute Gasteiger partial charge is 1.00 e. The van der Waals surface area contributed by atoms with Gasteiger partial charge in [0.25, 0.3) is 0 Å². The molecule has 288 valence electrons. The molecule has 0 aliphatic rings. The summed E-state index contributed by atoms with van der Waals surface area (Å²) in [5, 5.41) is 0. The van der Waals surface area contributed by atoms with Gasteiger partial charge in [-0.3, -0.25) is 0 Å². The molecular formula is C33H48CuF6N10P. The van der Waals surface area contributed by atoms with Crippen LogP contribution in [0, 0.1) is 0 Å². The third-order valence-electron chi connectivity index (χ3n) is 6.43. The molecule has 0 saturated heterocycles. The summed E-state index contributed by atoms with van der Waals surface area (Å²) >= 11 is 0. The molecule has 0 spiro atoms. The van der Waals surface area contributed by atoms with E-state index >= 15 is 0 Å². The fraction of sp³-hybridized carbons (Fsp3) is 0.364. The average Bonchev–Trinajstić information content (AvgIpc) is 2.96. The van der Waals surface area contributed by atoms with E-state index in [-0.39, 0.29) is 17.1 Å². The number of guanidine groups is 3. The first-order valence-electron chi connectivity index (χ1n) is 15.2. The van der Waals surface area contributed by atoms with Gasteiger partial charge in [0.15, 0.2) is 0 Å². The van der Waals surface area contributed by atoms with Gasteiger partial charge in [0, 0.05) is 84.6 Å². The van der Waals surface area contributed by atoms with Crippen LogP contribution in [0.5, 0.6) is 0 Å². The van der Waals surface area contributed by atoms with Crippen LogP contribution in [0.4, 0.5) is 59.3 Å². The van der Waals surface area contributed by atoms with Gasteiger partial charge in [-0.1, -0.05) is 36.4 Å². The van der Waals surface area contributed by atoms with Gasteiger partial charge in [0.1, 0.15) is 0 Å². The minimum Gasteiger partial charge on any atom is 1.00 e. The van der Waals surface area contributed by atoms with E-state index in [4.69, 9.17) is 15.0 Å². The third kappa shape index (κ3) is 14.9. The Labute approximate surface area is 308 Å². The summed E-state index contributed by atoms with van der Waals surface area (Å²) < 4.78 is 59.2. The molecule has 0 amide bonds. The van der Waals surface area contributed by atoms with E-state index in [1.807, 2.05) is 169 Å². The van der Waals surface area contributed by atoms with Crippen molar-refractivity contribution in [2.75, 3.05) is 89.5 Å². The molecule has 3 aromatic carbocycles. The monoisotopic (exact) mass is 792 g/mol. The van der Waals surface area contributed by atoms with Gasteiger partial charge in [-0.05, 0) is 36.4 Å². The summed E-state index contributed by atoms with van der Waals surface area (Å²) in [5.74, 6) is 2.49. The first kappa shape index (κ1) is 44.8. The average molecular weight is 793 g/mol. The van der Waals surface area contributed by atoms with Crippen LogP contribution in [0.25, 0.3) is 0 Å². The fourth-order valence-electron chi connectivity index (χ4n) is 4.76. The number of hydrogen-bond acceptors (Lipinski definition) is 4. The van der Waals surface area contributed by atoms with Gasteiger partial charge in [-0.25, -0.2) is 15.0 Å². The van der Waals surface area contributed by atoms with Gasteiger partial charge in [0.05, 0.1) is 34.1 Å². The Kier molecular flexibility index (Phi) is 14.8. The van der Waals surface area contributed by atoms with E-state index in [1.165, 1.54) is 0 Å². The quantitative estimate of drug-likeness (QED) is 0.0813. The number of aliphatic imine (C=N–C) groups is 3. The van der Waals surface area contributed by atoms with Crippen LogP contribution in [-0.4, -0.2) is 132 Å². The molecule has 3 aromatic rings. The number of hydrogen-bond donors (Lipinski definition) is 0. The summed E-state index contributed by atoms with van der Waals surface area (Å²) in [6, 6.07) is 24.6. The molecule has 0 bridgehead atoms. The summed E-state index contributed by atoms with van der Waals surface area (Å²) in [6.45, 7) is 0. The molecule has 0 atom stereocenters. The maximum atomic E-state index is 9.87. The standard InChI is InChI=1S/C33H48N10.Cu.F6P/c1-37(2)31(38(3)4)34-25-19-13-16-22-28(25)43(29-23-17-14-20-26(29)35-32(39(5)6)40(7)8)30-24-18-15-21-27(30)36-33(41(9)10)42(11)12;;1-7(2,3,4,5)6/h13-24H,1-12H3;;/q;+1;-1. The molecule has 10 nitrogen and oxygen atoms in total. The second-order valence-corrected chi connectivity index (χ2v) is 14.3. The molecule has 0 fully saturated rings. The molecule has 51 heavy (non-hydrogen) atoms. The topological polar surface area (TPSA) is 59.8 Å². The van der Waals surface area contributed by atoms with Crippen LogP contribution < -0.4 is 4.90 Å². The molecule has 0 aliphatic heterocycles. The Morgan fingerprint density at radius 1 is 0.392 bits per heavy atom. The van der Waals surface area contributed by atoms with Crippen molar-refractivity contribution >= 4 is 59.8 Å². The molecule has 0 aliphatic carbocycles. The second-order valence-electron chi connectivity index (χ2n) is 12.4. The number of para-hydroxylation sites is 6. The predicted octanol–water partition coefficient (Wildman–Crippen LogP) is 8.87. The maximum Gasteiger partial charge on any atom is 1.00 e. The molecule has 0 unspecified atom stereocenters. The van der Waals surface area contributed by atoms with Gasteiger partial charge >= 0.3 is 50.1 Å². The Hall–Kier alpha value is -4.20. The van der Waals surface area contributed by atoms with Crippen LogP contribution in [0.15, 0.2) is 87.8 Å². The molecular weight excluding hydrogens is 745 g/mol. The van der Waals surface area contributed by atoms with E-state index in [0.29, 0.717) is 0 Å². The Morgan fingerprint density at radius 2 is 0.569 bits per heavy atom. The molecule has 0 saturated carbocycles. The minimum atomic E-state index is -10.7. The van der Waals surface area contributed by atoms with Crippen molar-refractivity contribution in [3.63, 3.8) is 0 Å². The van der Waals surface area contributed by atoms with Gasteiger partial charge in [0.2, 0.25) is 17.9 Å². The fourth-order valence-corrected chi connectivity index (χ4v) is 4.76.